The van der Waals surface area contributed by atoms with Gasteiger partial charge in [-0.2, -0.15) is 0 Å². The Labute approximate surface area is 319 Å². The van der Waals surface area contributed by atoms with Gasteiger partial charge in [-0.25, -0.2) is 0 Å². The highest BCUT2D eigenvalue weighted by Crippen LogP contribution is 2.62. The second-order valence-corrected chi connectivity index (χ2v) is 14.8. The third-order valence-corrected chi connectivity index (χ3v) is 12.1. The number of nitrogens with zero attached hydrogens (tertiary/aromatic N) is 2. The molecule has 0 saturated heterocycles. The van der Waals surface area contributed by atoms with Crippen molar-refractivity contribution in [3.63, 3.8) is 0 Å². The topological polar surface area (TPSA) is 8.17 Å². The van der Waals surface area contributed by atoms with Crippen LogP contribution in [0.5, 0.6) is 0 Å². The molecule has 256 valence electrons. The van der Waals surface area contributed by atoms with E-state index in [9.17, 15) is 0 Å². The first-order valence-electron chi connectivity index (χ1n) is 19.1. The quantitative estimate of drug-likeness (QED) is 0.174. The van der Waals surface area contributed by atoms with Crippen LogP contribution in [0.3, 0.4) is 0 Å². The third kappa shape index (κ3) is 4.08. The van der Waals surface area contributed by atoms with Gasteiger partial charge in [0.05, 0.1) is 16.4 Å². The molecule has 10 aromatic rings. The Morgan fingerprint density at radius 3 is 1.62 bits per heavy atom. The molecule has 0 fully saturated rings. The van der Waals surface area contributed by atoms with E-state index in [1.54, 1.807) is 0 Å². The molecule has 2 nitrogen and oxygen atoms in total. The van der Waals surface area contributed by atoms with Gasteiger partial charge >= 0.3 is 0 Å². The molecule has 2 aliphatic rings. The van der Waals surface area contributed by atoms with Gasteiger partial charge < -0.3 is 9.47 Å². The van der Waals surface area contributed by atoms with Crippen molar-refractivity contribution in [2.75, 3.05) is 4.90 Å². The lowest BCUT2D eigenvalue weighted by Crippen LogP contribution is -2.31. The normalized spacial score (nSPS) is 13.2. The zero-order valence-corrected chi connectivity index (χ0v) is 30.0. The maximum absolute atomic E-state index is 2.51. The number of benzene rings is 9. The number of hydrogen-bond acceptors (Lipinski definition) is 1. The molecule has 1 heterocycles. The highest BCUT2D eigenvalue weighted by atomic mass is 15.1. The Bertz CT molecular complexity index is 3080. The number of fused-ring (bicyclic) bond motifs is 7. The first-order chi connectivity index (χ1) is 27.3. The zero-order chi connectivity index (χ0) is 36.1. The molecule has 0 N–H and O–H groups in total. The monoisotopic (exact) mass is 698 g/mol. The summed E-state index contributed by atoms with van der Waals surface area (Å²) in [7, 11) is 0. The van der Waals surface area contributed by atoms with Crippen molar-refractivity contribution in [3.05, 3.63) is 229 Å². The predicted octanol–water partition coefficient (Wildman–Crippen LogP) is 13.8. The second-order valence-electron chi connectivity index (χ2n) is 14.8. The summed E-state index contributed by atoms with van der Waals surface area (Å²) in [4.78, 5) is 2.43. The van der Waals surface area contributed by atoms with Crippen LogP contribution in [0.1, 0.15) is 22.3 Å². The Morgan fingerprint density at radius 2 is 0.909 bits per heavy atom. The average Bonchev–Trinajstić information content (AvgIpc) is 3.76. The highest BCUT2D eigenvalue weighted by molar-refractivity contribution is 6.27. The van der Waals surface area contributed by atoms with Crippen LogP contribution in [0.4, 0.5) is 17.1 Å². The minimum Gasteiger partial charge on any atom is -0.310 e. The van der Waals surface area contributed by atoms with Gasteiger partial charge in [-0.3, -0.25) is 0 Å². The summed E-state index contributed by atoms with van der Waals surface area (Å²) in [6.45, 7) is 0. The molecule has 0 saturated carbocycles. The van der Waals surface area contributed by atoms with E-state index in [0.717, 1.165) is 17.1 Å². The van der Waals surface area contributed by atoms with Crippen LogP contribution >= 0.6 is 0 Å². The summed E-state index contributed by atoms with van der Waals surface area (Å²) >= 11 is 0. The van der Waals surface area contributed by atoms with Crippen LogP contribution in [0, 0.1) is 0 Å². The molecule has 1 spiro atoms. The maximum atomic E-state index is 2.51. The fraction of sp³-hybridized carbons (Fsp3) is 0.0189. The number of hydrogen-bond donors (Lipinski definition) is 0. The fourth-order valence-electron chi connectivity index (χ4n) is 10.0. The van der Waals surface area contributed by atoms with Gasteiger partial charge in [-0.05, 0) is 116 Å². The van der Waals surface area contributed by atoms with E-state index in [0.29, 0.717) is 0 Å². The lowest BCUT2D eigenvalue weighted by Gasteiger charge is -2.39. The summed E-state index contributed by atoms with van der Waals surface area (Å²) in [6.07, 6.45) is 0. The van der Waals surface area contributed by atoms with Crippen molar-refractivity contribution in [2.24, 2.45) is 0 Å². The first-order valence-corrected chi connectivity index (χ1v) is 19.1. The molecule has 0 atom stereocenters. The number of rotatable bonds is 5. The maximum Gasteiger partial charge on any atom is 0.0727 e. The summed E-state index contributed by atoms with van der Waals surface area (Å²) in [5.74, 6) is 0. The molecule has 0 aliphatic heterocycles. The largest absolute Gasteiger partial charge is 0.310 e. The summed E-state index contributed by atoms with van der Waals surface area (Å²) in [6, 6.07) is 76.2. The number of para-hydroxylation sites is 2. The molecular formula is C53H34N2. The standard InChI is InChI=1S/C53H34N2/c1-4-15-35(16-5-1)36-27-30-40(31-28-36)54(38-17-6-2-7-18-38)41-33-37-29-32-49-52-50(37)47(34-41)53(44-23-12-10-21-42(44)43-22-11-13-24-45(43)53)46-25-14-26-48(51(46)52)55(49)39-19-8-3-9-20-39/h1-34H. The van der Waals surface area contributed by atoms with Crippen molar-refractivity contribution < 1.29 is 0 Å². The zero-order valence-electron chi connectivity index (χ0n) is 30.0. The lowest BCUT2D eigenvalue weighted by molar-refractivity contribution is 0.783. The molecule has 0 radical (unpaired) electrons. The molecule has 9 aromatic carbocycles. The van der Waals surface area contributed by atoms with Gasteiger partial charge in [-0.15, -0.1) is 0 Å². The molecule has 0 bridgehead atoms. The van der Waals surface area contributed by atoms with E-state index in [4.69, 9.17) is 0 Å². The van der Waals surface area contributed by atoms with Crippen molar-refractivity contribution in [1.29, 1.82) is 0 Å². The number of aromatic nitrogens is 1. The Kier molecular flexibility index (Phi) is 6.29. The van der Waals surface area contributed by atoms with Gasteiger partial charge in [0.15, 0.2) is 0 Å². The van der Waals surface area contributed by atoms with Gasteiger partial charge in [-0.1, -0.05) is 146 Å². The molecule has 0 amide bonds. The summed E-state index contributed by atoms with van der Waals surface area (Å²) in [5, 5.41) is 5.25. The van der Waals surface area contributed by atoms with Crippen molar-refractivity contribution in [2.45, 2.75) is 5.41 Å². The smallest absolute Gasteiger partial charge is 0.0727 e. The number of anilines is 3. The van der Waals surface area contributed by atoms with Crippen LogP contribution in [-0.4, -0.2) is 4.57 Å². The molecular weight excluding hydrogens is 665 g/mol. The van der Waals surface area contributed by atoms with Crippen LogP contribution < -0.4 is 4.90 Å². The SMILES string of the molecule is c1ccc(-c2ccc(N(c3ccccc3)c3cc4c5c(ccc6c5c5c(cccc5n6-c5ccccc5)C45c4ccccc4-c4ccccc45)c3)cc2)cc1. The van der Waals surface area contributed by atoms with Crippen molar-refractivity contribution >= 4 is 49.6 Å². The third-order valence-electron chi connectivity index (χ3n) is 12.1. The molecule has 1 aromatic heterocycles. The lowest BCUT2D eigenvalue weighted by atomic mass is 9.63. The molecule has 0 unspecified atom stereocenters. The summed E-state index contributed by atoms with van der Waals surface area (Å²) < 4.78 is 2.47. The Balaban J connectivity index is 1.22. The van der Waals surface area contributed by atoms with Gasteiger partial charge in [0.25, 0.3) is 0 Å². The predicted molar refractivity (Wildman–Crippen MR) is 229 cm³/mol. The molecule has 2 aliphatic carbocycles. The molecule has 55 heavy (non-hydrogen) atoms. The second kappa shape index (κ2) is 11.4. The van der Waals surface area contributed by atoms with Crippen molar-refractivity contribution in [3.8, 4) is 27.9 Å². The van der Waals surface area contributed by atoms with E-state index < -0.39 is 5.41 Å². The van der Waals surface area contributed by atoms with Crippen LogP contribution in [0.15, 0.2) is 206 Å². The van der Waals surface area contributed by atoms with Crippen LogP contribution in [0.25, 0.3) is 60.5 Å². The van der Waals surface area contributed by atoms with E-state index in [2.05, 4.69) is 216 Å². The van der Waals surface area contributed by atoms with E-state index >= 15 is 0 Å². The van der Waals surface area contributed by atoms with Crippen LogP contribution in [-0.2, 0) is 5.41 Å². The fourth-order valence-corrected chi connectivity index (χ4v) is 10.0. The van der Waals surface area contributed by atoms with Crippen molar-refractivity contribution in [1.82, 2.24) is 4.57 Å². The molecule has 12 rings (SSSR count). The Morgan fingerprint density at radius 1 is 0.345 bits per heavy atom. The minimum absolute atomic E-state index is 0.523. The van der Waals surface area contributed by atoms with E-state index in [-0.39, 0.29) is 0 Å². The first kappa shape index (κ1) is 30.3. The van der Waals surface area contributed by atoms with Gasteiger partial charge in [0, 0.05) is 33.5 Å². The Hall–Kier alpha value is -7.16. The van der Waals surface area contributed by atoms with Gasteiger partial charge in [0.2, 0.25) is 0 Å². The van der Waals surface area contributed by atoms with E-state index in [1.165, 1.54) is 82.8 Å². The minimum atomic E-state index is -0.523. The molecule has 2 heteroatoms. The van der Waals surface area contributed by atoms with Gasteiger partial charge in [0.1, 0.15) is 0 Å². The summed E-state index contributed by atoms with van der Waals surface area (Å²) in [5.41, 5.74) is 16.9. The van der Waals surface area contributed by atoms with Crippen LogP contribution in [0.2, 0.25) is 0 Å². The van der Waals surface area contributed by atoms with E-state index in [1.807, 2.05) is 0 Å². The highest BCUT2D eigenvalue weighted by Gasteiger charge is 2.50. The average molecular weight is 699 g/mol.